The molecule has 2 amide bonds. The van der Waals surface area contributed by atoms with E-state index in [9.17, 15) is 29.1 Å². The van der Waals surface area contributed by atoms with Crippen molar-refractivity contribution in [3.05, 3.63) is 0 Å². The predicted molar refractivity (Wildman–Crippen MR) is 111 cm³/mol. The Morgan fingerprint density at radius 3 is 1.81 bits per heavy atom. The van der Waals surface area contributed by atoms with E-state index in [1.165, 1.54) is 0 Å². The molecule has 2 heterocycles. The van der Waals surface area contributed by atoms with Gasteiger partial charge in [-0.05, 0) is 12.8 Å². The second-order valence-corrected chi connectivity index (χ2v) is 8.21. The van der Waals surface area contributed by atoms with Gasteiger partial charge < -0.3 is 15.3 Å². The fraction of sp³-hybridized carbons (Fsp3) is 0.750. The van der Waals surface area contributed by atoms with Gasteiger partial charge in [0.1, 0.15) is 6.04 Å². The molecule has 0 aromatic heterocycles. The van der Waals surface area contributed by atoms with Crippen LogP contribution in [0.5, 0.6) is 0 Å². The molecule has 0 aliphatic carbocycles. The van der Waals surface area contributed by atoms with Crippen molar-refractivity contribution in [2.45, 2.75) is 32.2 Å². The topological polar surface area (TPSA) is 159 Å². The third kappa shape index (κ3) is 7.24. The van der Waals surface area contributed by atoms with Crippen LogP contribution in [-0.2, 0) is 24.0 Å². The summed E-state index contributed by atoms with van der Waals surface area (Å²) in [5.41, 5.74) is 0. The van der Waals surface area contributed by atoms with Gasteiger partial charge in [0.05, 0.1) is 13.1 Å². The number of hydrogen-bond donors (Lipinski definition) is 3. The second-order valence-electron chi connectivity index (χ2n) is 8.21. The lowest BCUT2D eigenvalue weighted by Crippen LogP contribution is -2.48. The van der Waals surface area contributed by atoms with Gasteiger partial charge >= 0.3 is 17.9 Å². The van der Waals surface area contributed by atoms with Crippen molar-refractivity contribution in [3.63, 3.8) is 0 Å². The molecule has 12 nitrogen and oxygen atoms in total. The summed E-state index contributed by atoms with van der Waals surface area (Å²) >= 11 is 0. The first-order valence-electron chi connectivity index (χ1n) is 10.8. The first-order chi connectivity index (χ1) is 15.1. The lowest BCUT2D eigenvalue weighted by Gasteiger charge is -2.31. The van der Waals surface area contributed by atoms with Crippen LogP contribution in [0.15, 0.2) is 0 Å². The standard InChI is InChI=1S/C20H32N4O8/c1-2-14-11-16(25)24(19(14)30)4-3-15(20(31)32)23-9-7-21(12-17(26)27)5-6-22(8-10-23)13-18(28)29/h14-15H,2-13H2,1H3,(H,26,27)(H,28,29)(H,31,32)/t14?,15-/m0/s1. The van der Waals surface area contributed by atoms with Gasteiger partial charge in [0.2, 0.25) is 11.8 Å². The predicted octanol–water partition coefficient (Wildman–Crippen LogP) is -1.30. The van der Waals surface area contributed by atoms with Crippen LogP contribution in [0, 0.1) is 5.92 Å². The molecule has 2 aliphatic heterocycles. The number of amides is 2. The number of carbonyl (C=O) groups excluding carboxylic acids is 2. The molecule has 0 saturated carbocycles. The minimum atomic E-state index is -1.11. The molecule has 1 unspecified atom stereocenters. The molecule has 2 saturated heterocycles. The molecule has 2 atom stereocenters. The highest BCUT2D eigenvalue weighted by Crippen LogP contribution is 2.23. The first kappa shape index (κ1) is 25.7. The van der Waals surface area contributed by atoms with E-state index >= 15 is 0 Å². The Morgan fingerprint density at radius 1 is 0.906 bits per heavy atom. The summed E-state index contributed by atoms with van der Waals surface area (Å²) in [5.74, 6) is -4.07. The summed E-state index contributed by atoms with van der Waals surface area (Å²) in [6.45, 7) is 3.19. The fourth-order valence-corrected chi connectivity index (χ4v) is 4.19. The SMILES string of the molecule is CCC1CC(=O)N(CC[C@@H](C(=O)O)N2CCN(CC(=O)O)CCN(CC(=O)O)CC2)C1=O. The van der Waals surface area contributed by atoms with Gasteiger partial charge in [-0.1, -0.05) is 6.92 Å². The van der Waals surface area contributed by atoms with Crippen molar-refractivity contribution in [1.82, 2.24) is 19.6 Å². The fourth-order valence-electron chi connectivity index (χ4n) is 4.19. The molecular formula is C20H32N4O8. The van der Waals surface area contributed by atoms with Crippen LogP contribution in [0.4, 0.5) is 0 Å². The molecule has 12 heteroatoms. The highest BCUT2D eigenvalue weighted by molar-refractivity contribution is 6.03. The maximum absolute atomic E-state index is 12.4. The first-order valence-corrected chi connectivity index (χ1v) is 10.8. The molecular weight excluding hydrogens is 424 g/mol. The maximum Gasteiger partial charge on any atom is 0.320 e. The van der Waals surface area contributed by atoms with E-state index in [0.29, 0.717) is 32.6 Å². The molecule has 0 radical (unpaired) electrons. The Bertz CT molecular complexity index is 702. The Balaban J connectivity index is 2.11. The average molecular weight is 456 g/mol. The summed E-state index contributed by atoms with van der Waals surface area (Å²) in [4.78, 5) is 65.0. The minimum Gasteiger partial charge on any atom is -0.480 e. The quantitative estimate of drug-likeness (QED) is 0.336. The molecule has 2 aliphatic rings. The van der Waals surface area contributed by atoms with Gasteiger partial charge in [0.15, 0.2) is 0 Å². The lowest BCUT2D eigenvalue weighted by molar-refractivity contribution is -0.146. The van der Waals surface area contributed by atoms with Crippen molar-refractivity contribution in [3.8, 4) is 0 Å². The summed E-state index contributed by atoms with van der Waals surface area (Å²) in [6, 6.07) is -0.993. The summed E-state index contributed by atoms with van der Waals surface area (Å²) in [7, 11) is 0. The summed E-state index contributed by atoms with van der Waals surface area (Å²) < 4.78 is 0. The molecule has 0 spiro atoms. The molecule has 2 fully saturated rings. The summed E-state index contributed by atoms with van der Waals surface area (Å²) in [5, 5.41) is 28.1. The van der Waals surface area contributed by atoms with Crippen LogP contribution in [0.25, 0.3) is 0 Å². The van der Waals surface area contributed by atoms with Crippen LogP contribution in [0.1, 0.15) is 26.2 Å². The van der Waals surface area contributed by atoms with Crippen LogP contribution >= 0.6 is 0 Å². The monoisotopic (exact) mass is 456 g/mol. The third-order valence-corrected chi connectivity index (χ3v) is 6.04. The van der Waals surface area contributed by atoms with E-state index in [1.807, 2.05) is 6.92 Å². The maximum atomic E-state index is 12.4. The Morgan fingerprint density at radius 2 is 1.41 bits per heavy atom. The zero-order chi connectivity index (χ0) is 23.8. The number of imide groups is 1. The van der Waals surface area contributed by atoms with Crippen LogP contribution in [0.3, 0.4) is 0 Å². The van der Waals surface area contributed by atoms with Gasteiger partial charge in [0, 0.05) is 58.2 Å². The van der Waals surface area contributed by atoms with Gasteiger partial charge in [-0.3, -0.25) is 43.6 Å². The normalized spacial score (nSPS) is 22.9. The number of hydrogen-bond acceptors (Lipinski definition) is 8. The molecule has 2 rings (SSSR count). The van der Waals surface area contributed by atoms with Crippen molar-refractivity contribution in [2.24, 2.45) is 5.92 Å². The van der Waals surface area contributed by atoms with E-state index in [4.69, 9.17) is 10.2 Å². The number of rotatable bonds is 10. The Labute approximate surface area is 186 Å². The van der Waals surface area contributed by atoms with Crippen LogP contribution < -0.4 is 0 Å². The largest absolute Gasteiger partial charge is 0.480 e. The zero-order valence-electron chi connectivity index (χ0n) is 18.3. The molecule has 32 heavy (non-hydrogen) atoms. The second kappa shape index (κ2) is 11.9. The highest BCUT2D eigenvalue weighted by atomic mass is 16.4. The third-order valence-electron chi connectivity index (χ3n) is 6.04. The number of nitrogens with zero attached hydrogens (tertiary/aromatic N) is 4. The number of likely N-dealkylation sites (tertiary alicyclic amines) is 1. The average Bonchev–Trinajstić information content (AvgIpc) is 3.02. The van der Waals surface area contributed by atoms with E-state index < -0.39 is 23.9 Å². The highest BCUT2D eigenvalue weighted by Gasteiger charge is 2.38. The van der Waals surface area contributed by atoms with Crippen LogP contribution in [0.2, 0.25) is 0 Å². The van der Waals surface area contributed by atoms with Gasteiger partial charge in [0.25, 0.3) is 0 Å². The van der Waals surface area contributed by atoms with Crippen molar-refractivity contribution in [1.29, 1.82) is 0 Å². The number of carboxylic acids is 3. The molecule has 180 valence electrons. The zero-order valence-corrected chi connectivity index (χ0v) is 18.3. The molecule has 0 aromatic rings. The Kier molecular flexibility index (Phi) is 9.54. The minimum absolute atomic E-state index is 0.000681. The molecule has 3 N–H and O–H groups in total. The van der Waals surface area contributed by atoms with E-state index in [-0.39, 0.29) is 63.3 Å². The van der Waals surface area contributed by atoms with E-state index in [2.05, 4.69) is 0 Å². The van der Waals surface area contributed by atoms with Gasteiger partial charge in [-0.15, -0.1) is 0 Å². The smallest absolute Gasteiger partial charge is 0.320 e. The van der Waals surface area contributed by atoms with Crippen LogP contribution in [-0.4, -0.2) is 130 Å². The lowest BCUT2D eigenvalue weighted by atomic mass is 10.1. The number of carbonyl (C=O) groups is 5. The Hall–Kier alpha value is -2.57. The van der Waals surface area contributed by atoms with Gasteiger partial charge in [-0.25, -0.2) is 0 Å². The van der Waals surface area contributed by atoms with E-state index in [1.54, 1.807) is 14.7 Å². The van der Waals surface area contributed by atoms with Gasteiger partial charge in [-0.2, -0.15) is 0 Å². The van der Waals surface area contributed by atoms with Crippen molar-refractivity contribution in [2.75, 3.05) is 58.9 Å². The van der Waals surface area contributed by atoms with Crippen molar-refractivity contribution >= 4 is 29.7 Å². The number of carboxylic acid groups (broad SMARTS) is 3. The van der Waals surface area contributed by atoms with Crippen molar-refractivity contribution < 1.29 is 39.3 Å². The molecule has 0 aromatic carbocycles. The number of aliphatic carboxylic acids is 3. The summed E-state index contributed by atoms with van der Waals surface area (Å²) in [6.07, 6.45) is 0.737. The van der Waals surface area contributed by atoms with E-state index in [0.717, 1.165) is 4.90 Å². The molecule has 0 bridgehead atoms.